The van der Waals surface area contributed by atoms with E-state index in [1.54, 1.807) is 6.92 Å². The molecule has 0 aliphatic heterocycles. The van der Waals surface area contributed by atoms with Crippen molar-refractivity contribution < 1.29 is 19.5 Å². The molecule has 0 aromatic carbocycles. The number of esters is 1. The molecule has 1 aliphatic carbocycles. The van der Waals surface area contributed by atoms with Crippen LogP contribution in [0.1, 0.15) is 60.8 Å². The standard InChI is InChI=1S/C18H33NO4/c1-7-13(8-2)23-15-11-12(17(20)22-9-3)10-14(19-21)16(15)18(4,5)6/h11,13-16,19,21H,7-10H2,1-6H3/t14-,15+,16+/m0/s1. The SMILES string of the molecule is CCOC(=O)C1=C[C@@H](OC(CC)CC)[C@H](C(C)(C)C)[C@@H](NO)C1. The van der Waals surface area contributed by atoms with Gasteiger partial charge >= 0.3 is 5.97 Å². The number of hydrogen-bond donors (Lipinski definition) is 2. The van der Waals surface area contributed by atoms with Crippen molar-refractivity contribution in [1.29, 1.82) is 0 Å². The molecule has 0 aromatic heterocycles. The van der Waals surface area contributed by atoms with Gasteiger partial charge in [0.15, 0.2) is 0 Å². The van der Waals surface area contributed by atoms with Gasteiger partial charge in [-0.1, -0.05) is 34.6 Å². The number of hydroxylamine groups is 1. The van der Waals surface area contributed by atoms with Crippen LogP contribution in [0.15, 0.2) is 11.6 Å². The molecular weight excluding hydrogens is 294 g/mol. The first-order valence-corrected chi connectivity index (χ1v) is 8.71. The molecule has 3 atom stereocenters. The average Bonchev–Trinajstić information content (AvgIpc) is 2.50. The molecule has 0 unspecified atom stereocenters. The van der Waals surface area contributed by atoms with Crippen LogP contribution in [-0.4, -0.2) is 36.0 Å². The summed E-state index contributed by atoms with van der Waals surface area (Å²) in [6.45, 7) is 12.7. The molecule has 1 aliphatic rings. The summed E-state index contributed by atoms with van der Waals surface area (Å²) in [5.74, 6) is -0.260. The number of nitrogens with one attached hydrogen (secondary N) is 1. The highest BCUT2D eigenvalue weighted by Gasteiger charge is 2.43. The largest absolute Gasteiger partial charge is 0.463 e. The molecule has 5 nitrogen and oxygen atoms in total. The summed E-state index contributed by atoms with van der Waals surface area (Å²) in [5, 5.41) is 9.64. The van der Waals surface area contributed by atoms with Crippen LogP contribution in [0.5, 0.6) is 0 Å². The molecule has 0 amide bonds. The Bertz CT molecular complexity index is 410. The van der Waals surface area contributed by atoms with Crippen LogP contribution < -0.4 is 5.48 Å². The van der Waals surface area contributed by atoms with Crippen molar-refractivity contribution in [2.24, 2.45) is 11.3 Å². The second kappa shape index (κ2) is 8.81. The maximum Gasteiger partial charge on any atom is 0.333 e. The van der Waals surface area contributed by atoms with Crippen LogP contribution in [-0.2, 0) is 14.3 Å². The van der Waals surface area contributed by atoms with Crippen LogP contribution in [0.25, 0.3) is 0 Å². The van der Waals surface area contributed by atoms with E-state index in [1.165, 1.54) is 0 Å². The molecule has 0 heterocycles. The predicted molar refractivity (Wildman–Crippen MR) is 90.2 cm³/mol. The number of ether oxygens (including phenoxy) is 2. The van der Waals surface area contributed by atoms with Gasteiger partial charge in [-0.2, -0.15) is 0 Å². The highest BCUT2D eigenvalue weighted by Crippen LogP contribution is 2.40. The highest BCUT2D eigenvalue weighted by molar-refractivity contribution is 5.88. The fourth-order valence-electron chi connectivity index (χ4n) is 3.39. The molecule has 0 fully saturated rings. The fraction of sp³-hybridized carbons (Fsp3) is 0.833. The third kappa shape index (κ3) is 5.30. The second-order valence-corrected chi connectivity index (χ2v) is 7.28. The summed E-state index contributed by atoms with van der Waals surface area (Å²) in [7, 11) is 0. The van der Waals surface area contributed by atoms with Crippen LogP contribution in [0, 0.1) is 11.3 Å². The highest BCUT2D eigenvalue weighted by atomic mass is 16.5. The van der Waals surface area contributed by atoms with Gasteiger partial charge in [0.2, 0.25) is 0 Å². The summed E-state index contributed by atoms with van der Waals surface area (Å²) in [5.41, 5.74) is 2.90. The Morgan fingerprint density at radius 2 is 1.96 bits per heavy atom. The van der Waals surface area contributed by atoms with Crippen molar-refractivity contribution in [3.05, 3.63) is 11.6 Å². The molecular formula is C18H33NO4. The topological polar surface area (TPSA) is 67.8 Å². The third-order valence-corrected chi connectivity index (χ3v) is 4.56. The van der Waals surface area contributed by atoms with Crippen LogP contribution in [0.4, 0.5) is 0 Å². The quantitative estimate of drug-likeness (QED) is 0.553. The Morgan fingerprint density at radius 3 is 2.39 bits per heavy atom. The lowest BCUT2D eigenvalue weighted by molar-refractivity contribution is -0.140. The Labute approximate surface area is 140 Å². The van der Waals surface area contributed by atoms with E-state index in [2.05, 4.69) is 40.1 Å². The van der Waals surface area contributed by atoms with Crippen LogP contribution in [0.2, 0.25) is 0 Å². The summed E-state index contributed by atoms with van der Waals surface area (Å²) >= 11 is 0. The first-order valence-electron chi connectivity index (χ1n) is 8.71. The van der Waals surface area contributed by atoms with Gasteiger partial charge < -0.3 is 14.7 Å². The van der Waals surface area contributed by atoms with E-state index in [0.29, 0.717) is 18.6 Å². The lowest BCUT2D eigenvalue weighted by Gasteiger charge is -2.44. The van der Waals surface area contributed by atoms with Gasteiger partial charge in [0.25, 0.3) is 0 Å². The minimum Gasteiger partial charge on any atom is -0.463 e. The summed E-state index contributed by atoms with van der Waals surface area (Å²) in [6, 6.07) is -0.237. The van der Waals surface area contributed by atoms with E-state index in [9.17, 15) is 10.0 Å². The lowest BCUT2D eigenvalue weighted by atomic mass is 9.68. The van der Waals surface area contributed by atoms with Crippen molar-refractivity contribution >= 4 is 5.97 Å². The number of carbonyl (C=O) groups excluding carboxylic acids is 1. The van der Waals surface area contributed by atoms with Crippen LogP contribution >= 0.6 is 0 Å². The lowest BCUT2D eigenvalue weighted by Crippen LogP contribution is -2.51. The molecule has 2 N–H and O–H groups in total. The Hall–Kier alpha value is -0.910. The van der Waals surface area contributed by atoms with E-state index in [1.807, 2.05) is 6.08 Å². The minimum atomic E-state index is -0.321. The van der Waals surface area contributed by atoms with Gasteiger partial charge in [0.1, 0.15) is 0 Å². The molecule has 0 saturated heterocycles. The third-order valence-electron chi connectivity index (χ3n) is 4.56. The number of carbonyl (C=O) groups is 1. The Balaban J connectivity index is 3.15. The average molecular weight is 327 g/mol. The molecule has 23 heavy (non-hydrogen) atoms. The van der Waals surface area contributed by atoms with Crippen LogP contribution in [0.3, 0.4) is 0 Å². The maximum atomic E-state index is 12.1. The molecule has 0 spiro atoms. The van der Waals surface area contributed by atoms with Crippen molar-refractivity contribution in [3.8, 4) is 0 Å². The Morgan fingerprint density at radius 1 is 1.35 bits per heavy atom. The zero-order valence-electron chi connectivity index (χ0n) is 15.4. The maximum absolute atomic E-state index is 12.1. The minimum absolute atomic E-state index is 0.0614. The van der Waals surface area contributed by atoms with E-state index in [0.717, 1.165) is 12.8 Å². The summed E-state index contributed by atoms with van der Waals surface area (Å²) in [4.78, 5) is 12.1. The number of hydrogen-bond acceptors (Lipinski definition) is 5. The zero-order chi connectivity index (χ0) is 17.6. The van der Waals surface area contributed by atoms with Gasteiger partial charge in [-0.25, -0.2) is 10.3 Å². The van der Waals surface area contributed by atoms with E-state index >= 15 is 0 Å². The predicted octanol–water partition coefficient (Wildman–Crippen LogP) is 3.46. The monoisotopic (exact) mass is 327 g/mol. The normalized spacial score (nSPS) is 25.4. The van der Waals surface area contributed by atoms with Gasteiger partial charge in [-0.05, 0) is 37.7 Å². The molecule has 5 heteroatoms. The molecule has 1 rings (SSSR count). The molecule has 134 valence electrons. The molecule has 0 aromatic rings. The smallest absolute Gasteiger partial charge is 0.333 e. The summed E-state index contributed by atoms with van der Waals surface area (Å²) in [6.07, 6.45) is 4.10. The van der Waals surface area contributed by atoms with Gasteiger partial charge in [-0.3, -0.25) is 0 Å². The molecule has 0 saturated carbocycles. The van der Waals surface area contributed by atoms with Gasteiger partial charge in [-0.15, -0.1) is 0 Å². The first kappa shape index (κ1) is 20.1. The fourth-order valence-corrected chi connectivity index (χ4v) is 3.39. The second-order valence-electron chi connectivity index (χ2n) is 7.28. The van der Waals surface area contributed by atoms with Gasteiger partial charge in [0.05, 0.1) is 18.8 Å². The van der Waals surface area contributed by atoms with Gasteiger partial charge in [0, 0.05) is 17.5 Å². The Kier molecular flexibility index (Phi) is 7.71. The van der Waals surface area contributed by atoms with E-state index in [-0.39, 0.29) is 35.6 Å². The van der Waals surface area contributed by atoms with Crippen molar-refractivity contribution in [1.82, 2.24) is 5.48 Å². The van der Waals surface area contributed by atoms with Crippen molar-refractivity contribution in [3.63, 3.8) is 0 Å². The van der Waals surface area contributed by atoms with Crippen molar-refractivity contribution in [2.45, 2.75) is 79.1 Å². The van der Waals surface area contributed by atoms with Crippen molar-refractivity contribution in [2.75, 3.05) is 6.61 Å². The van der Waals surface area contributed by atoms with E-state index in [4.69, 9.17) is 9.47 Å². The summed E-state index contributed by atoms with van der Waals surface area (Å²) < 4.78 is 11.4. The molecule has 0 radical (unpaired) electrons. The first-order chi connectivity index (χ1) is 10.8. The zero-order valence-corrected chi connectivity index (χ0v) is 15.4. The molecule has 0 bridgehead atoms. The number of rotatable bonds is 7. The van der Waals surface area contributed by atoms with E-state index < -0.39 is 0 Å².